The van der Waals surface area contributed by atoms with Gasteiger partial charge in [-0.3, -0.25) is 9.48 Å². The van der Waals surface area contributed by atoms with Crippen LogP contribution in [0.15, 0.2) is 60.8 Å². The second-order valence-corrected chi connectivity index (χ2v) is 6.71. The van der Waals surface area contributed by atoms with Crippen molar-refractivity contribution in [3.63, 3.8) is 0 Å². The van der Waals surface area contributed by atoms with Crippen molar-refractivity contribution in [2.24, 2.45) is 0 Å². The molecule has 2 aromatic carbocycles. The highest BCUT2D eigenvalue weighted by atomic mass is 16.7. The Morgan fingerprint density at radius 3 is 2.83 bits per heavy atom. The van der Waals surface area contributed by atoms with Crippen LogP contribution in [0.4, 0.5) is 5.69 Å². The summed E-state index contributed by atoms with van der Waals surface area (Å²) >= 11 is 0. The summed E-state index contributed by atoms with van der Waals surface area (Å²) in [5.74, 6) is 1.10. The Morgan fingerprint density at radius 2 is 2.07 bits per heavy atom. The normalized spacial score (nSPS) is 15.8. The highest BCUT2D eigenvalue weighted by Crippen LogP contribution is 2.34. The number of hydrogen-bond donors (Lipinski definition) is 1. The van der Waals surface area contributed by atoms with Gasteiger partial charge in [0.05, 0.1) is 19.4 Å². The molecule has 150 valence electrons. The molecule has 1 N–H and O–H groups in total. The van der Waals surface area contributed by atoms with Crippen LogP contribution < -0.4 is 14.8 Å². The first-order valence-electron chi connectivity index (χ1n) is 9.56. The number of carbonyl (C=O) groups excluding carboxylic acids is 1. The van der Waals surface area contributed by atoms with Gasteiger partial charge in [-0.25, -0.2) is 0 Å². The predicted molar refractivity (Wildman–Crippen MR) is 109 cm³/mol. The maximum Gasteiger partial charge on any atom is 0.246 e. The van der Waals surface area contributed by atoms with Crippen LogP contribution in [-0.2, 0) is 16.1 Å². The molecule has 0 spiro atoms. The molecule has 0 bridgehead atoms. The van der Waals surface area contributed by atoms with Gasteiger partial charge in [-0.1, -0.05) is 18.2 Å². The lowest BCUT2D eigenvalue weighted by Gasteiger charge is -2.17. The Bertz CT molecular complexity index is 965. The van der Waals surface area contributed by atoms with Gasteiger partial charge >= 0.3 is 0 Å². The van der Waals surface area contributed by atoms with Crippen molar-refractivity contribution < 1.29 is 19.0 Å². The van der Waals surface area contributed by atoms with Crippen LogP contribution in [0.25, 0.3) is 11.3 Å². The summed E-state index contributed by atoms with van der Waals surface area (Å²) in [4.78, 5) is 12.4. The molecule has 7 nitrogen and oxygen atoms in total. The monoisotopic (exact) mass is 393 g/mol. The first-order valence-corrected chi connectivity index (χ1v) is 9.56. The fraction of sp³-hybridized carbons (Fsp3) is 0.273. The molecule has 1 aromatic heterocycles. The molecule has 1 fully saturated rings. The molecule has 1 aliphatic heterocycles. The van der Waals surface area contributed by atoms with E-state index in [0.29, 0.717) is 18.1 Å². The standard InChI is InChI=1S/C22H23N3O4/c1-27-19-10-9-16(14-20(19)29-22-8-5-13-28-22)18-11-12-23-25(18)15-21(26)24-17-6-3-2-4-7-17/h2-4,6-7,9-12,14,22H,5,8,13,15H2,1H3,(H,24,26). The van der Waals surface area contributed by atoms with Crippen molar-refractivity contribution in [3.05, 3.63) is 60.8 Å². The Labute approximate surface area is 169 Å². The van der Waals surface area contributed by atoms with Gasteiger partial charge in [-0.2, -0.15) is 5.10 Å². The van der Waals surface area contributed by atoms with Crippen molar-refractivity contribution in [3.8, 4) is 22.8 Å². The molecule has 0 radical (unpaired) electrons. The fourth-order valence-electron chi connectivity index (χ4n) is 3.27. The molecular weight excluding hydrogens is 370 g/mol. The quantitative estimate of drug-likeness (QED) is 0.662. The molecule has 1 amide bonds. The molecule has 0 saturated carbocycles. The second-order valence-electron chi connectivity index (χ2n) is 6.71. The van der Waals surface area contributed by atoms with Crippen molar-refractivity contribution >= 4 is 11.6 Å². The highest BCUT2D eigenvalue weighted by molar-refractivity contribution is 5.90. The van der Waals surface area contributed by atoms with E-state index in [1.807, 2.05) is 54.6 Å². The van der Waals surface area contributed by atoms with Gasteiger partial charge < -0.3 is 19.5 Å². The van der Waals surface area contributed by atoms with E-state index >= 15 is 0 Å². The largest absolute Gasteiger partial charge is 0.493 e. The van der Waals surface area contributed by atoms with E-state index < -0.39 is 0 Å². The Kier molecular flexibility index (Phi) is 5.76. The Hall–Kier alpha value is -3.32. The minimum atomic E-state index is -0.263. The molecule has 1 aliphatic rings. The molecule has 1 unspecified atom stereocenters. The number of nitrogens with one attached hydrogen (secondary N) is 1. The Morgan fingerprint density at radius 1 is 1.21 bits per heavy atom. The smallest absolute Gasteiger partial charge is 0.246 e. The van der Waals surface area contributed by atoms with Gasteiger partial charge in [0, 0.05) is 23.9 Å². The van der Waals surface area contributed by atoms with E-state index in [-0.39, 0.29) is 18.7 Å². The minimum absolute atomic E-state index is 0.102. The SMILES string of the molecule is COc1ccc(-c2ccnn2CC(=O)Nc2ccccc2)cc1OC1CCCO1. The van der Waals surface area contributed by atoms with Gasteiger partial charge in [-0.15, -0.1) is 0 Å². The predicted octanol–water partition coefficient (Wildman–Crippen LogP) is 3.71. The summed E-state index contributed by atoms with van der Waals surface area (Å²) < 4.78 is 18.6. The number of hydrogen-bond acceptors (Lipinski definition) is 5. The van der Waals surface area contributed by atoms with Crippen molar-refractivity contribution in [2.45, 2.75) is 25.7 Å². The number of benzene rings is 2. The zero-order valence-electron chi connectivity index (χ0n) is 16.2. The molecule has 7 heteroatoms. The van der Waals surface area contributed by atoms with Crippen molar-refractivity contribution in [1.82, 2.24) is 9.78 Å². The number of amides is 1. The summed E-state index contributed by atoms with van der Waals surface area (Å²) in [7, 11) is 1.61. The summed E-state index contributed by atoms with van der Waals surface area (Å²) in [6.07, 6.45) is 3.25. The summed E-state index contributed by atoms with van der Waals surface area (Å²) in [5, 5.41) is 7.18. The molecular formula is C22H23N3O4. The van der Waals surface area contributed by atoms with Crippen LogP contribution in [0.1, 0.15) is 12.8 Å². The Balaban J connectivity index is 1.53. The molecule has 2 heterocycles. The van der Waals surface area contributed by atoms with Crippen LogP contribution in [0, 0.1) is 0 Å². The van der Waals surface area contributed by atoms with E-state index in [1.54, 1.807) is 18.0 Å². The number of para-hydroxylation sites is 1. The van der Waals surface area contributed by atoms with Gasteiger partial charge in [0.15, 0.2) is 17.8 Å². The molecule has 4 rings (SSSR count). The second kappa shape index (κ2) is 8.79. The lowest BCUT2D eigenvalue weighted by molar-refractivity contribution is -0.116. The van der Waals surface area contributed by atoms with E-state index in [0.717, 1.165) is 29.8 Å². The van der Waals surface area contributed by atoms with Gasteiger partial charge in [-0.05, 0) is 42.8 Å². The maximum atomic E-state index is 12.4. The van der Waals surface area contributed by atoms with Gasteiger partial charge in [0.25, 0.3) is 0 Å². The zero-order valence-corrected chi connectivity index (χ0v) is 16.2. The number of nitrogens with zero attached hydrogens (tertiary/aromatic N) is 2. The third-order valence-corrected chi connectivity index (χ3v) is 4.67. The number of methoxy groups -OCH3 is 1. The summed E-state index contributed by atoms with van der Waals surface area (Å²) in [6, 6.07) is 16.9. The average molecular weight is 393 g/mol. The summed E-state index contributed by atoms with van der Waals surface area (Å²) in [6.45, 7) is 0.807. The van der Waals surface area contributed by atoms with Crippen LogP contribution in [0.5, 0.6) is 11.5 Å². The maximum absolute atomic E-state index is 12.4. The number of carbonyl (C=O) groups is 1. The van der Waals surface area contributed by atoms with E-state index in [4.69, 9.17) is 14.2 Å². The van der Waals surface area contributed by atoms with Crippen LogP contribution in [-0.4, -0.2) is 35.7 Å². The van der Waals surface area contributed by atoms with E-state index in [9.17, 15) is 4.79 Å². The van der Waals surface area contributed by atoms with Crippen molar-refractivity contribution in [2.75, 3.05) is 19.0 Å². The summed E-state index contributed by atoms with van der Waals surface area (Å²) in [5.41, 5.74) is 2.44. The first kappa shape index (κ1) is 19.0. The van der Waals surface area contributed by atoms with Gasteiger partial charge in [0.1, 0.15) is 6.54 Å². The van der Waals surface area contributed by atoms with Crippen LogP contribution >= 0.6 is 0 Å². The lowest BCUT2D eigenvalue weighted by atomic mass is 10.1. The van der Waals surface area contributed by atoms with E-state index in [1.165, 1.54) is 0 Å². The number of ether oxygens (including phenoxy) is 3. The zero-order chi connectivity index (χ0) is 20.1. The average Bonchev–Trinajstić information content (AvgIpc) is 3.41. The molecule has 1 atom stereocenters. The molecule has 3 aromatic rings. The first-order chi connectivity index (χ1) is 14.2. The van der Waals surface area contributed by atoms with Crippen molar-refractivity contribution in [1.29, 1.82) is 0 Å². The third kappa shape index (κ3) is 4.57. The van der Waals surface area contributed by atoms with Gasteiger partial charge in [0.2, 0.25) is 5.91 Å². The van der Waals surface area contributed by atoms with Crippen LogP contribution in [0.3, 0.4) is 0 Å². The van der Waals surface area contributed by atoms with Crippen LogP contribution in [0.2, 0.25) is 0 Å². The van der Waals surface area contributed by atoms with E-state index in [2.05, 4.69) is 10.4 Å². The molecule has 0 aliphatic carbocycles. The highest BCUT2D eigenvalue weighted by Gasteiger charge is 2.20. The number of anilines is 1. The third-order valence-electron chi connectivity index (χ3n) is 4.67. The lowest BCUT2D eigenvalue weighted by Crippen LogP contribution is -2.20. The number of rotatable bonds is 7. The fourth-order valence-corrected chi connectivity index (χ4v) is 3.27. The molecule has 1 saturated heterocycles. The topological polar surface area (TPSA) is 74.6 Å². The minimum Gasteiger partial charge on any atom is -0.493 e. The molecule has 29 heavy (non-hydrogen) atoms. The number of aromatic nitrogens is 2.